The fourth-order valence-electron chi connectivity index (χ4n) is 0.857. The Bertz CT molecular complexity index is 210. The summed E-state index contributed by atoms with van der Waals surface area (Å²) in [5.74, 6) is 0.815. The van der Waals surface area contributed by atoms with Crippen molar-refractivity contribution in [1.82, 2.24) is 19.2 Å². The van der Waals surface area contributed by atoms with Crippen molar-refractivity contribution in [3.63, 3.8) is 0 Å². The topological polar surface area (TPSA) is 43.6 Å². The maximum absolute atomic E-state index is 3.99. The van der Waals surface area contributed by atoms with E-state index in [1.54, 1.807) is 0 Å². The number of aromatic nitrogens is 4. The van der Waals surface area contributed by atoms with Crippen LogP contribution in [0, 0.1) is 0 Å². The molecule has 0 amide bonds. The number of aryl methyl sites for hydroxylation is 1. The van der Waals surface area contributed by atoms with Crippen LogP contribution in [0.2, 0.25) is 0 Å². The van der Waals surface area contributed by atoms with Crippen molar-refractivity contribution in [2.75, 3.05) is 0 Å². The van der Waals surface area contributed by atoms with Crippen LogP contribution in [0.3, 0.4) is 0 Å². The van der Waals surface area contributed by atoms with Crippen molar-refractivity contribution >= 4 is 16.1 Å². The lowest BCUT2D eigenvalue weighted by Gasteiger charge is -1.90. The van der Waals surface area contributed by atoms with Gasteiger partial charge in [-0.1, -0.05) is 23.6 Å². The van der Waals surface area contributed by atoms with Gasteiger partial charge in [0, 0.05) is 6.42 Å². The summed E-state index contributed by atoms with van der Waals surface area (Å²) in [6, 6.07) is 0. The van der Waals surface area contributed by atoms with E-state index in [0.717, 1.165) is 18.7 Å². The maximum atomic E-state index is 3.99. The number of hydrogen-bond acceptors (Lipinski definition) is 3. The fourth-order valence-corrected chi connectivity index (χ4v) is 1.11. The van der Waals surface area contributed by atoms with Crippen LogP contribution in [0.5, 0.6) is 0 Å². The molecule has 0 atom stereocenters. The summed E-state index contributed by atoms with van der Waals surface area (Å²) in [6.07, 6.45) is 4.54. The van der Waals surface area contributed by atoms with E-state index in [9.17, 15) is 0 Å². The number of halogens is 1. The highest BCUT2D eigenvalue weighted by Gasteiger charge is 1.98. The zero-order valence-corrected chi connectivity index (χ0v) is 8.08. The molecule has 0 saturated carbocycles. The van der Waals surface area contributed by atoms with Crippen molar-refractivity contribution in [3.8, 4) is 0 Å². The predicted octanol–water partition coefficient (Wildman–Crippen LogP) is 1.56. The highest BCUT2D eigenvalue weighted by atomic mass is 79.9. The largest absolute Gasteiger partial charge is 0.175 e. The number of rotatable bonds is 4. The number of unbranched alkanes of at least 4 members (excludes halogenated alkanes) is 2. The summed E-state index contributed by atoms with van der Waals surface area (Å²) in [4.78, 5) is 0. The summed E-state index contributed by atoms with van der Waals surface area (Å²) < 4.78 is 1.31. The quantitative estimate of drug-likeness (QED) is 0.721. The summed E-state index contributed by atoms with van der Waals surface area (Å²) in [7, 11) is 0. The molecule has 0 aliphatic heterocycles. The smallest absolute Gasteiger partial charge is 0.125 e. The molecule has 0 bridgehead atoms. The molecule has 0 aromatic carbocycles. The summed E-state index contributed by atoms with van der Waals surface area (Å²) in [6.45, 7) is 2.18. The zero-order valence-electron chi connectivity index (χ0n) is 6.50. The Morgan fingerprint density at radius 2 is 2.27 bits per heavy atom. The van der Waals surface area contributed by atoms with Crippen molar-refractivity contribution in [1.29, 1.82) is 0 Å². The number of nitrogens with zero attached hydrogens (tertiary/aromatic N) is 4. The Labute approximate surface area is 74.3 Å². The summed E-state index contributed by atoms with van der Waals surface area (Å²) in [5.41, 5.74) is 0. The third-order valence-corrected chi connectivity index (χ3v) is 1.74. The lowest BCUT2D eigenvalue weighted by Crippen LogP contribution is -1.89. The fraction of sp³-hybridized carbons (Fsp3) is 0.833. The van der Waals surface area contributed by atoms with E-state index >= 15 is 0 Å². The molecule has 62 valence electrons. The van der Waals surface area contributed by atoms with E-state index in [1.165, 1.54) is 16.7 Å². The van der Waals surface area contributed by atoms with Gasteiger partial charge >= 0.3 is 0 Å². The van der Waals surface area contributed by atoms with Gasteiger partial charge in [-0.05, 0) is 11.6 Å². The first-order valence-corrected chi connectivity index (χ1v) is 4.49. The minimum Gasteiger partial charge on any atom is -0.125 e. The minimum absolute atomic E-state index is 0.815. The van der Waals surface area contributed by atoms with Gasteiger partial charge in [-0.3, -0.25) is 0 Å². The molecule has 0 radical (unpaired) electrons. The molecular formula is C6H11BrN4. The van der Waals surface area contributed by atoms with Gasteiger partial charge in [-0.15, -0.1) is 10.2 Å². The molecule has 1 aromatic rings. The van der Waals surface area contributed by atoms with Crippen LogP contribution in [-0.4, -0.2) is 19.2 Å². The lowest BCUT2D eigenvalue weighted by atomic mass is 10.2. The van der Waals surface area contributed by atoms with Gasteiger partial charge in [0.2, 0.25) is 0 Å². The van der Waals surface area contributed by atoms with Gasteiger partial charge in [0.15, 0.2) is 5.82 Å². The van der Waals surface area contributed by atoms with Gasteiger partial charge in [0.1, 0.15) is 16.1 Å². The molecular weight excluding hydrogens is 208 g/mol. The van der Waals surface area contributed by atoms with Crippen molar-refractivity contribution in [3.05, 3.63) is 5.82 Å². The first-order valence-electron chi connectivity index (χ1n) is 3.78. The average molecular weight is 219 g/mol. The van der Waals surface area contributed by atoms with Gasteiger partial charge in [0.05, 0.1) is 0 Å². The van der Waals surface area contributed by atoms with Crippen molar-refractivity contribution in [2.24, 2.45) is 0 Å². The first-order chi connectivity index (χ1) is 5.33. The summed E-state index contributed by atoms with van der Waals surface area (Å²) in [5, 5.41) is 11.5. The van der Waals surface area contributed by atoms with Gasteiger partial charge in [-0.2, -0.15) is 0 Å². The molecule has 0 aliphatic rings. The van der Waals surface area contributed by atoms with E-state index in [0.29, 0.717) is 0 Å². The zero-order chi connectivity index (χ0) is 8.10. The first kappa shape index (κ1) is 8.64. The maximum Gasteiger partial charge on any atom is 0.175 e. The van der Waals surface area contributed by atoms with E-state index in [1.807, 2.05) is 0 Å². The summed E-state index contributed by atoms with van der Waals surface area (Å²) >= 11 is 3.07. The van der Waals surface area contributed by atoms with Crippen LogP contribution in [0.25, 0.3) is 0 Å². The third kappa shape index (κ3) is 2.96. The molecule has 0 fully saturated rings. The Morgan fingerprint density at radius 3 is 2.82 bits per heavy atom. The Hall–Kier alpha value is -0.450. The van der Waals surface area contributed by atoms with Gasteiger partial charge in [0.25, 0.3) is 0 Å². The molecule has 0 aliphatic carbocycles. The van der Waals surface area contributed by atoms with Crippen LogP contribution in [0.15, 0.2) is 0 Å². The normalized spacial score (nSPS) is 10.4. The van der Waals surface area contributed by atoms with Gasteiger partial charge in [-0.25, -0.2) is 0 Å². The molecule has 5 heteroatoms. The predicted molar refractivity (Wildman–Crippen MR) is 45.4 cm³/mol. The van der Waals surface area contributed by atoms with Gasteiger partial charge < -0.3 is 0 Å². The Morgan fingerprint density at radius 1 is 1.45 bits per heavy atom. The molecule has 0 unspecified atom stereocenters. The standard InChI is InChI=1S/C6H11BrN4/c1-2-3-4-5-6-8-10-11(7)9-6/h2-5H2,1H3. The Kier molecular flexibility index (Phi) is 3.48. The monoisotopic (exact) mass is 218 g/mol. The molecule has 0 spiro atoms. The molecule has 1 heterocycles. The lowest BCUT2D eigenvalue weighted by molar-refractivity contribution is 0.694. The highest BCUT2D eigenvalue weighted by Crippen LogP contribution is 2.00. The van der Waals surface area contributed by atoms with Crippen LogP contribution >= 0.6 is 16.1 Å². The molecule has 11 heavy (non-hydrogen) atoms. The average Bonchev–Trinajstić information content (AvgIpc) is 2.37. The SMILES string of the molecule is CCCCCc1nnn(Br)n1. The van der Waals surface area contributed by atoms with E-state index in [2.05, 4.69) is 38.5 Å². The highest BCUT2D eigenvalue weighted by molar-refractivity contribution is 9.08. The second-order valence-electron chi connectivity index (χ2n) is 2.40. The molecule has 1 aromatic heterocycles. The molecule has 0 saturated heterocycles. The van der Waals surface area contributed by atoms with Crippen LogP contribution in [0.4, 0.5) is 0 Å². The second-order valence-corrected chi connectivity index (χ2v) is 3.04. The van der Waals surface area contributed by atoms with Crippen molar-refractivity contribution in [2.45, 2.75) is 32.6 Å². The molecule has 1 rings (SSSR count). The van der Waals surface area contributed by atoms with E-state index in [4.69, 9.17) is 0 Å². The van der Waals surface area contributed by atoms with E-state index in [-0.39, 0.29) is 0 Å². The molecule has 4 nitrogen and oxygen atoms in total. The van der Waals surface area contributed by atoms with Crippen LogP contribution < -0.4 is 0 Å². The van der Waals surface area contributed by atoms with E-state index < -0.39 is 0 Å². The minimum atomic E-state index is 0.815. The number of hydrogen-bond donors (Lipinski definition) is 0. The third-order valence-electron chi connectivity index (χ3n) is 1.44. The number of tetrazole rings is 1. The van der Waals surface area contributed by atoms with Crippen LogP contribution in [0.1, 0.15) is 32.0 Å². The molecule has 0 N–H and O–H groups in total. The Balaban J connectivity index is 2.27. The van der Waals surface area contributed by atoms with Crippen molar-refractivity contribution < 1.29 is 0 Å². The second kappa shape index (κ2) is 4.43. The van der Waals surface area contributed by atoms with Crippen LogP contribution in [-0.2, 0) is 6.42 Å².